The van der Waals surface area contributed by atoms with Crippen LogP contribution in [0.4, 0.5) is 0 Å². The molecule has 4 atom stereocenters. The van der Waals surface area contributed by atoms with Crippen molar-refractivity contribution in [3.63, 3.8) is 0 Å². The third kappa shape index (κ3) is 24.6. The predicted octanol–water partition coefficient (Wildman–Crippen LogP) is 2.08. The SMILES string of the molecule is CCC[C@H](NC(=O)CC[C@H](NC(=O)CC[C@H](NC(=O)CC[C@H](NC(=O)CCCCCCCCCCCCC(=O)O)C(=O)O)C(C)=O)C(=O)O)C(N)=O. The summed E-state index contributed by atoms with van der Waals surface area (Å²) in [6.45, 7) is 2.98. The number of carbonyl (C=O) groups is 9. The van der Waals surface area contributed by atoms with Crippen LogP contribution in [0.2, 0.25) is 0 Å². The molecule has 5 amide bonds. The number of Topliss-reactive ketones (excluding diaryl/α,β-unsaturated/α-hetero) is 1. The van der Waals surface area contributed by atoms with Crippen LogP contribution in [0.5, 0.6) is 0 Å². The maximum absolute atomic E-state index is 12.6. The molecule has 0 saturated carbocycles. The van der Waals surface area contributed by atoms with Crippen LogP contribution in [-0.4, -0.2) is 92.7 Å². The second-order valence-electron chi connectivity index (χ2n) is 13.0. The van der Waals surface area contributed by atoms with Gasteiger partial charge in [-0.05, 0) is 45.4 Å². The van der Waals surface area contributed by atoms with Gasteiger partial charge in [-0.1, -0.05) is 64.7 Å². The van der Waals surface area contributed by atoms with Gasteiger partial charge in [0.25, 0.3) is 0 Å². The van der Waals surface area contributed by atoms with Crippen LogP contribution in [0.25, 0.3) is 0 Å². The van der Waals surface area contributed by atoms with Crippen LogP contribution in [0.3, 0.4) is 0 Å². The molecule has 0 aliphatic heterocycles. The van der Waals surface area contributed by atoms with Crippen molar-refractivity contribution in [2.75, 3.05) is 0 Å². The van der Waals surface area contributed by atoms with E-state index in [1.165, 1.54) is 6.92 Å². The minimum absolute atomic E-state index is 0.138. The number of primary amides is 1. The number of rotatable bonds is 32. The van der Waals surface area contributed by atoms with E-state index in [9.17, 15) is 53.4 Å². The van der Waals surface area contributed by atoms with Crippen molar-refractivity contribution in [2.24, 2.45) is 5.73 Å². The Bertz CT molecular complexity index is 1190. The summed E-state index contributed by atoms with van der Waals surface area (Å²) >= 11 is 0. The average molecular weight is 742 g/mol. The topological polar surface area (TPSA) is 288 Å². The number of carboxylic acid groups (broad SMARTS) is 3. The van der Waals surface area contributed by atoms with Crippen molar-refractivity contribution in [3.05, 3.63) is 0 Å². The van der Waals surface area contributed by atoms with E-state index in [4.69, 9.17) is 10.8 Å². The van der Waals surface area contributed by atoms with Crippen LogP contribution >= 0.6 is 0 Å². The molecule has 0 saturated heterocycles. The molecule has 0 aromatic heterocycles. The largest absolute Gasteiger partial charge is 0.481 e. The first-order chi connectivity index (χ1) is 24.6. The van der Waals surface area contributed by atoms with E-state index in [2.05, 4.69) is 21.3 Å². The Kier molecular flexibility index (Phi) is 25.6. The molecule has 0 radical (unpaired) electrons. The van der Waals surface area contributed by atoms with E-state index in [0.29, 0.717) is 25.7 Å². The summed E-state index contributed by atoms with van der Waals surface area (Å²) in [6.07, 6.45) is 8.72. The number of aliphatic carboxylic acids is 3. The van der Waals surface area contributed by atoms with Gasteiger partial charge in [0.05, 0.1) is 6.04 Å². The standard InChI is InChI=1S/C35H59N5O12/c1-3-14-25(33(36)48)38-30(44)22-19-27(35(51)52)40-31(45)20-17-24(23(2)41)37-29(43)21-18-26(34(49)50)39-28(42)15-12-10-8-6-4-5-7-9-11-13-16-32(46)47/h24-27H,3-22H2,1-2H3,(H2,36,48)(H,37,43)(H,38,44)(H,39,42)(H,40,45)(H,46,47)(H,49,50)(H,51,52)/t24-,25-,26-,27-/m0/s1. The minimum Gasteiger partial charge on any atom is -0.481 e. The Labute approximate surface area is 305 Å². The van der Waals surface area contributed by atoms with Gasteiger partial charge in [-0.25, -0.2) is 9.59 Å². The first kappa shape index (κ1) is 47.4. The van der Waals surface area contributed by atoms with Gasteiger partial charge in [-0.2, -0.15) is 0 Å². The van der Waals surface area contributed by atoms with Gasteiger partial charge in [0.1, 0.15) is 18.1 Å². The van der Waals surface area contributed by atoms with Crippen molar-refractivity contribution in [1.82, 2.24) is 21.3 Å². The van der Waals surface area contributed by atoms with Gasteiger partial charge in [-0.15, -0.1) is 0 Å². The quantitative estimate of drug-likeness (QED) is 0.0460. The van der Waals surface area contributed by atoms with Gasteiger partial charge in [0.2, 0.25) is 29.5 Å². The first-order valence-corrected chi connectivity index (χ1v) is 18.2. The summed E-state index contributed by atoms with van der Waals surface area (Å²) in [5, 5.41) is 37.3. The molecule has 0 aliphatic carbocycles. The van der Waals surface area contributed by atoms with Crippen LogP contribution < -0.4 is 27.0 Å². The zero-order valence-corrected chi connectivity index (χ0v) is 30.5. The van der Waals surface area contributed by atoms with E-state index in [1.807, 2.05) is 0 Å². The lowest BCUT2D eigenvalue weighted by Gasteiger charge is -2.19. The highest BCUT2D eigenvalue weighted by Crippen LogP contribution is 2.12. The smallest absolute Gasteiger partial charge is 0.326 e. The van der Waals surface area contributed by atoms with E-state index in [1.54, 1.807) is 6.92 Å². The molecule has 0 bridgehead atoms. The second kappa shape index (κ2) is 28.1. The fourth-order valence-electron chi connectivity index (χ4n) is 5.33. The van der Waals surface area contributed by atoms with Crippen molar-refractivity contribution in [2.45, 2.75) is 166 Å². The van der Waals surface area contributed by atoms with E-state index < -0.39 is 77.4 Å². The number of hydrogen-bond acceptors (Lipinski definition) is 9. The number of unbranched alkanes of at least 4 members (excludes halogenated alkanes) is 9. The van der Waals surface area contributed by atoms with Gasteiger partial charge in [0, 0.05) is 32.1 Å². The molecule has 0 aliphatic rings. The number of carboxylic acids is 3. The van der Waals surface area contributed by atoms with Crippen molar-refractivity contribution in [3.8, 4) is 0 Å². The van der Waals surface area contributed by atoms with E-state index in [-0.39, 0.29) is 51.4 Å². The van der Waals surface area contributed by atoms with Crippen LogP contribution in [-0.2, 0) is 43.2 Å². The molecule has 0 aromatic carbocycles. The number of carbonyl (C=O) groups excluding carboxylic acids is 6. The molecule has 296 valence electrons. The Morgan fingerprint density at radius 1 is 0.462 bits per heavy atom. The molecule has 0 unspecified atom stereocenters. The Morgan fingerprint density at radius 3 is 1.13 bits per heavy atom. The number of hydrogen-bond donors (Lipinski definition) is 8. The van der Waals surface area contributed by atoms with Crippen molar-refractivity contribution >= 4 is 53.2 Å². The van der Waals surface area contributed by atoms with Gasteiger partial charge < -0.3 is 42.3 Å². The third-order valence-electron chi connectivity index (χ3n) is 8.37. The van der Waals surface area contributed by atoms with Crippen molar-refractivity contribution < 1.29 is 58.5 Å². The highest BCUT2D eigenvalue weighted by Gasteiger charge is 2.26. The number of nitrogens with one attached hydrogen (secondary N) is 4. The fraction of sp³-hybridized carbons (Fsp3) is 0.743. The lowest BCUT2D eigenvalue weighted by Crippen LogP contribution is -2.46. The van der Waals surface area contributed by atoms with E-state index >= 15 is 0 Å². The van der Waals surface area contributed by atoms with Crippen LogP contribution in [0, 0.1) is 0 Å². The van der Waals surface area contributed by atoms with Gasteiger partial charge in [-0.3, -0.25) is 33.6 Å². The van der Waals surface area contributed by atoms with Crippen molar-refractivity contribution in [1.29, 1.82) is 0 Å². The summed E-state index contributed by atoms with van der Waals surface area (Å²) in [5.41, 5.74) is 5.25. The van der Waals surface area contributed by atoms with Crippen LogP contribution in [0.1, 0.15) is 142 Å². The number of ketones is 1. The molecule has 0 heterocycles. The maximum Gasteiger partial charge on any atom is 0.326 e. The summed E-state index contributed by atoms with van der Waals surface area (Å²) in [6, 6.07) is -4.77. The highest BCUT2D eigenvalue weighted by atomic mass is 16.4. The molecule has 17 heteroatoms. The third-order valence-corrected chi connectivity index (χ3v) is 8.37. The number of amides is 5. The lowest BCUT2D eigenvalue weighted by atomic mass is 10.0. The molecule has 0 rings (SSSR count). The molecule has 0 spiro atoms. The lowest BCUT2D eigenvalue weighted by molar-refractivity contribution is -0.142. The first-order valence-electron chi connectivity index (χ1n) is 18.2. The molecular formula is C35H59N5O12. The zero-order chi connectivity index (χ0) is 39.5. The summed E-state index contributed by atoms with van der Waals surface area (Å²) in [4.78, 5) is 107. The van der Waals surface area contributed by atoms with Gasteiger partial charge in [0.15, 0.2) is 5.78 Å². The Balaban J connectivity index is 4.56. The maximum atomic E-state index is 12.6. The monoisotopic (exact) mass is 741 g/mol. The van der Waals surface area contributed by atoms with E-state index in [0.717, 1.165) is 51.4 Å². The highest BCUT2D eigenvalue weighted by molar-refractivity contribution is 5.90. The predicted molar refractivity (Wildman–Crippen MR) is 189 cm³/mol. The molecule has 52 heavy (non-hydrogen) atoms. The Morgan fingerprint density at radius 2 is 0.788 bits per heavy atom. The van der Waals surface area contributed by atoms with Crippen LogP contribution in [0.15, 0.2) is 0 Å². The fourth-order valence-corrected chi connectivity index (χ4v) is 5.33. The molecule has 9 N–H and O–H groups in total. The average Bonchev–Trinajstić information content (AvgIpc) is 3.06. The number of nitrogens with two attached hydrogens (primary N) is 1. The molecule has 17 nitrogen and oxygen atoms in total. The Hall–Kier alpha value is -4.57. The zero-order valence-electron chi connectivity index (χ0n) is 30.5. The normalized spacial score (nSPS) is 13.1. The van der Waals surface area contributed by atoms with Gasteiger partial charge >= 0.3 is 17.9 Å². The minimum atomic E-state index is -1.44. The summed E-state index contributed by atoms with van der Waals surface area (Å²) < 4.78 is 0. The summed E-state index contributed by atoms with van der Waals surface area (Å²) in [5.74, 6) is -7.17. The molecular weight excluding hydrogens is 682 g/mol. The summed E-state index contributed by atoms with van der Waals surface area (Å²) in [7, 11) is 0. The second-order valence-corrected chi connectivity index (χ2v) is 13.0. The molecule has 0 fully saturated rings. The molecule has 0 aromatic rings.